The van der Waals surface area contributed by atoms with Gasteiger partial charge in [0.1, 0.15) is 11.9 Å². The van der Waals surface area contributed by atoms with Crippen molar-refractivity contribution < 1.29 is 24.6 Å². The molecule has 2 aromatic rings. The van der Waals surface area contributed by atoms with Crippen molar-refractivity contribution in [1.29, 1.82) is 0 Å². The number of aliphatic carboxylic acids is 2. The van der Waals surface area contributed by atoms with Gasteiger partial charge in [-0.1, -0.05) is 12.1 Å². The predicted octanol–water partition coefficient (Wildman–Crippen LogP) is 0.932. The average Bonchev–Trinajstić information content (AvgIpc) is 2.74. The number of carboxylic acid groups (broad SMARTS) is 2. The number of carbonyl (C=O) groups excluding carboxylic acids is 1. The molecular weight excluding hydrogens is 418 g/mol. The van der Waals surface area contributed by atoms with Crippen LogP contribution in [0.25, 0.3) is 0 Å². The number of nitrogen functional groups attached to an aromatic ring is 1. The van der Waals surface area contributed by atoms with Gasteiger partial charge in [-0.3, -0.25) is 19.4 Å². The number of aromatic nitrogens is 2. The van der Waals surface area contributed by atoms with Crippen molar-refractivity contribution in [2.75, 3.05) is 17.6 Å². The van der Waals surface area contributed by atoms with Crippen LogP contribution in [0.15, 0.2) is 29.1 Å². The molecular formula is C21H25N5O6. The molecule has 0 bridgehead atoms. The summed E-state index contributed by atoms with van der Waals surface area (Å²) in [7, 11) is 0. The van der Waals surface area contributed by atoms with Gasteiger partial charge in [0, 0.05) is 18.5 Å². The molecule has 11 heteroatoms. The van der Waals surface area contributed by atoms with Crippen molar-refractivity contribution in [1.82, 2.24) is 15.3 Å². The SMILES string of the molecule is Nc1nc2c(c(=O)[nH]1)C(CCc1cccc(C(=O)N[C@@H](CCC(=O)O)C(=O)O)c1)CCN2. The van der Waals surface area contributed by atoms with Gasteiger partial charge in [-0.15, -0.1) is 0 Å². The van der Waals surface area contributed by atoms with Crippen LogP contribution in [-0.4, -0.2) is 50.6 Å². The van der Waals surface area contributed by atoms with Gasteiger partial charge in [0.15, 0.2) is 0 Å². The quantitative estimate of drug-likeness (QED) is 0.328. The van der Waals surface area contributed by atoms with E-state index < -0.39 is 23.9 Å². The molecule has 1 amide bonds. The largest absolute Gasteiger partial charge is 0.481 e. The van der Waals surface area contributed by atoms with Crippen LogP contribution in [0.2, 0.25) is 0 Å². The van der Waals surface area contributed by atoms with Crippen LogP contribution >= 0.6 is 0 Å². The number of nitrogens with zero attached hydrogens (tertiary/aromatic N) is 1. The Kier molecular flexibility index (Phi) is 7.08. The number of benzene rings is 1. The van der Waals surface area contributed by atoms with E-state index in [2.05, 4.69) is 20.6 Å². The minimum atomic E-state index is -1.29. The standard InChI is InChI=1S/C21H25N5O6/c22-21-25-17-16(19(30)26-21)12(8-9-23-17)5-4-11-2-1-3-13(10-11)18(29)24-14(20(31)32)6-7-15(27)28/h1-3,10,12,14H,4-9H2,(H,24,29)(H,27,28)(H,31,32)(H4,22,23,25,26,30)/t12?,14-/m0/s1. The van der Waals surface area contributed by atoms with E-state index in [0.29, 0.717) is 30.8 Å². The summed E-state index contributed by atoms with van der Waals surface area (Å²) in [6, 6.07) is 5.48. The van der Waals surface area contributed by atoms with Crippen LogP contribution in [-0.2, 0) is 16.0 Å². The molecule has 2 atom stereocenters. The van der Waals surface area contributed by atoms with E-state index in [1.54, 1.807) is 18.2 Å². The zero-order valence-electron chi connectivity index (χ0n) is 17.3. The first-order valence-electron chi connectivity index (χ1n) is 10.2. The highest BCUT2D eigenvalue weighted by atomic mass is 16.4. The topological polar surface area (TPSA) is 187 Å². The molecule has 2 heterocycles. The Bertz CT molecular complexity index is 1080. The molecule has 1 aliphatic heterocycles. The summed E-state index contributed by atoms with van der Waals surface area (Å²) in [5.41, 5.74) is 7.06. The lowest BCUT2D eigenvalue weighted by molar-refractivity contribution is -0.140. The molecule has 11 nitrogen and oxygen atoms in total. The monoisotopic (exact) mass is 443 g/mol. The number of hydrogen-bond donors (Lipinski definition) is 6. The summed E-state index contributed by atoms with van der Waals surface area (Å²) < 4.78 is 0. The van der Waals surface area contributed by atoms with E-state index in [1.165, 1.54) is 0 Å². The summed E-state index contributed by atoms with van der Waals surface area (Å²) in [4.78, 5) is 53.6. The second-order valence-corrected chi connectivity index (χ2v) is 7.66. The Morgan fingerprint density at radius 2 is 2.06 bits per heavy atom. The molecule has 0 saturated heterocycles. The van der Waals surface area contributed by atoms with E-state index in [-0.39, 0.29) is 35.8 Å². The number of aromatic amines is 1. The number of hydrogen-bond acceptors (Lipinski definition) is 7. The third-order valence-electron chi connectivity index (χ3n) is 5.39. The van der Waals surface area contributed by atoms with Crippen molar-refractivity contribution in [3.8, 4) is 0 Å². The normalized spacial score (nSPS) is 15.8. The number of anilines is 2. The molecule has 0 saturated carbocycles. The average molecular weight is 443 g/mol. The van der Waals surface area contributed by atoms with Crippen molar-refractivity contribution in [2.45, 2.75) is 44.1 Å². The summed E-state index contributed by atoms with van der Waals surface area (Å²) >= 11 is 0. The lowest BCUT2D eigenvalue weighted by Crippen LogP contribution is -2.41. The number of rotatable bonds is 9. The Balaban J connectivity index is 1.67. The lowest BCUT2D eigenvalue weighted by Gasteiger charge is -2.25. The number of amides is 1. The number of carboxylic acids is 2. The van der Waals surface area contributed by atoms with Crippen LogP contribution in [0.3, 0.4) is 0 Å². The minimum Gasteiger partial charge on any atom is -0.481 e. The molecule has 0 radical (unpaired) electrons. The second kappa shape index (κ2) is 9.94. The van der Waals surface area contributed by atoms with Crippen LogP contribution in [0.1, 0.15) is 53.1 Å². The predicted molar refractivity (Wildman–Crippen MR) is 116 cm³/mol. The van der Waals surface area contributed by atoms with Gasteiger partial charge in [0.05, 0.1) is 5.56 Å². The second-order valence-electron chi connectivity index (χ2n) is 7.66. The van der Waals surface area contributed by atoms with Gasteiger partial charge in [0.25, 0.3) is 11.5 Å². The summed E-state index contributed by atoms with van der Waals surface area (Å²) in [6.45, 7) is 0.670. The minimum absolute atomic E-state index is 0.0204. The summed E-state index contributed by atoms with van der Waals surface area (Å²) in [5, 5.41) is 23.4. The molecule has 3 rings (SSSR count). The fraction of sp³-hybridized carbons (Fsp3) is 0.381. The smallest absolute Gasteiger partial charge is 0.326 e. The number of nitrogens with one attached hydrogen (secondary N) is 3. The number of aryl methyl sites for hydroxylation is 1. The van der Waals surface area contributed by atoms with Crippen LogP contribution in [0, 0.1) is 0 Å². The van der Waals surface area contributed by atoms with Crippen LogP contribution < -0.4 is 21.9 Å². The molecule has 170 valence electrons. The van der Waals surface area contributed by atoms with E-state index in [1.807, 2.05) is 6.07 Å². The molecule has 1 aromatic heterocycles. The Hall–Kier alpha value is -3.89. The van der Waals surface area contributed by atoms with Crippen molar-refractivity contribution in [3.63, 3.8) is 0 Å². The fourth-order valence-electron chi connectivity index (χ4n) is 3.79. The Morgan fingerprint density at radius 3 is 2.78 bits per heavy atom. The lowest BCUT2D eigenvalue weighted by atomic mass is 9.88. The number of fused-ring (bicyclic) bond motifs is 1. The first-order chi connectivity index (χ1) is 15.2. The highest BCUT2D eigenvalue weighted by Crippen LogP contribution is 2.31. The van der Waals surface area contributed by atoms with Crippen molar-refractivity contribution in [3.05, 3.63) is 51.3 Å². The number of H-pyrrole nitrogens is 1. The zero-order chi connectivity index (χ0) is 23.3. The zero-order valence-corrected chi connectivity index (χ0v) is 17.3. The van der Waals surface area contributed by atoms with Gasteiger partial charge < -0.3 is 26.6 Å². The molecule has 1 unspecified atom stereocenters. The van der Waals surface area contributed by atoms with E-state index in [9.17, 15) is 24.3 Å². The summed E-state index contributed by atoms with van der Waals surface area (Å²) in [6.07, 6.45) is 1.43. The highest BCUT2D eigenvalue weighted by Gasteiger charge is 2.25. The third kappa shape index (κ3) is 5.62. The maximum Gasteiger partial charge on any atom is 0.326 e. The number of nitrogens with two attached hydrogens (primary N) is 1. The van der Waals surface area contributed by atoms with Crippen LogP contribution in [0.5, 0.6) is 0 Å². The van der Waals surface area contributed by atoms with Gasteiger partial charge in [0.2, 0.25) is 5.95 Å². The molecule has 0 spiro atoms. The Morgan fingerprint density at radius 1 is 1.28 bits per heavy atom. The van der Waals surface area contributed by atoms with E-state index >= 15 is 0 Å². The van der Waals surface area contributed by atoms with Crippen molar-refractivity contribution >= 4 is 29.6 Å². The van der Waals surface area contributed by atoms with Gasteiger partial charge in [-0.05, 0) is 49.3 Å². The third-order valence-corrected chi connectivity index (χ3v) is 5.39. The van der Waals surface area contributed by atoms with Gasteiger partial charge in [-0.2, -0.15) is 4.98 Å². The molecule has 7 N–H and O–H groups in total. The first-order valence-corrected chi connectivity index (χ1v) is 10.2. The number of carbonyl (C=O) groups is 3. The van der Waals surface area contributed by atoms with E-state index in [4.69, 9.17) is 10.8 Å². The molecule has 32 heavy (non-hydrogen) atoms. The summed E-state index contributed by atoms with van der Waals surface area (Å²) in [5.74, 6) is -2.48. The highest BCUT2D eigenvalue weighted by molar-refractivity contribution is 5.96. The molecule has 0 aliphatic carbocycles. The van der Waals surface area contributed by atoms with Crippen molar-refractivity contribution in [2.24, 2.45) is 0 Å². The Labute approximate surface area is 183 Å². The molecule has 1 aromatic carbocycles. The molecule has 0 fully saturated rings. The first kappa shape index (κ1) is 22.8. The van der Waals surface area contributed by atoms with E-state index in [0.717, 1.165) is 12.0 Å². The van der Waals surface area contributed by atoms with Gasteiger partial charge in [-0.25, -0.2) is 4.79 Å². The maximum absolute atomic E-state index is 12.5. The maximum atomic E-state index is 12.5. The van der Waals surface area contributed by atoms with Gasteiger partial charge >= 0.3 is 11.9 Å². The molecule has 1 aliphatic rings. The fourth-order valence-corrected chi connectivity index (χ4v) is 3.79. The van der Waals surface area contributed by atoms with Crippen LogP contribution in [0.4, 0.5) is 11.8 Å².